The average molecular weight is 349 g/mol. The molecule has 0 aliphatic carbocycles. The number of rotatable bonds is 2. The Labute approximate surface area is 122 Å². The maximum absolute atomic E-state index is 12.3. The number of aliphatic carboxylic acids is 1. The molecular weight excluding hydrogens is 337 g/mol. The van der Waals surface area contributed by atoms with Gasteiger partial charge in [0, 0.05) is 22.5 Å². The van der Waals surface area contributed by atoms with Gasteiger partial charge in [-0.1, -0.05) is 11.6 Å². The van der Waals surface area contributed by atoms with Crippen molar-refractivity contribution >= 4 is 39.4 Å². The third-order valence-corrected chi connectivity index (χ3v) is 3.88. The van der Waals surface area contributed by atoms with Crippen molar-refractivity contribution in [2.45, 2.75) is 18.6 Å². The molecule has 1 amide bonds. The normalized spacial score (nSPS) is 22.6. The highest BCUT2D eigenvalue weighted by molar-refractivity contribution is 9.10. The number of nitrogens with zero attached hydrogens (tertiary/aromatic N) is 1. The number of benzene rings is 1. The first-order valence-electron chi connectivity index (χ1n) is 5.57. The Kier molecular flexibility index (Phi) is 4.13. The van der Waals surface area contributed by atoms with E-state index in [-0.39, 0.29) is 13.0 Å². The van der Waals surface area contributed by atoms with Crippen molar-refractivity contribution in [3.63, 3.8) is 0 Å². The van der Waals surface area contributed by atoms with Crippen LogP contribution in [0.3, 0.4) is 0 Å². The van der Waals surface area contributed by atoms with Crippen molar-refractivity contribution in [1.82, 2.24) is 4.90 Å². The van der Waals surface area contributed by atoms with Crippen LogP contribution in [0.25, 0.3) is 0 Å². The van der Waals surface area contributed by atoms with Crippen LogP contribution in [0.4, 0.5) is 0 Å². The van der Waals surface area contributed by atoms with Crippen LogP contribution in [0, 0.1) is 0 Å². The molecule has 0 unspecified atom stereocenters. The minimum Gasteiger partial charge on any atom is -0.480 e. The zero-order valence-corrected chi connectivity index (χ0v) is 12.1. The number of carboxylic acid groups (broad SMARTS) is 1. The smallest absolute Gasteiger partial charge is 0.326 e. The van der Waals surface area contributed by atoms with Crippen LogP contribution >= 0.6 is 27.5 Å². The van der Waals surface area contributed by atoms with Crippen LogP contribution in [0.5, 0.6) is 0 Å². The Morgan fingerprint density at radius 3 is 2.68 bits per heavy atom. The number of aliphatic hydroxyl groups excluding tert-OH is 1. The Bertz CT molecular complexity index is 536. The molecule has 0 spiro atoms. The van der Waals surface area contributed by atoms with Crippen molar-refractivity contribution in [1.29, 1.82) is 0 Å². The molecule has 1 aliphatic heterocycles. The third-order valence-electron chi connectivity index (χ3n) is 2.99. The highest BCUT2D eigenvalue weighted by Crippen LogP contribution is 2.26. The Morgan fingerprint density at radius 2 is 2.11 bits per heavy atom. The summed E-state index contributed by atoms with van der Waals surface area (Å²) in [7, 11) is 0. The van der Waals surface area contributed by atoms with E-state index in [1.807, 2.05) is 0 Å². The van der Waals surface area contributed by atoms with Gasteiger partial charge in [0.25, 0.3) is 5.91 Å². The summed E-state index contributed by atoms with van der Waals surface area (Å²) in [5.41, 5.74) is 0.324. The fraction of sp³-hybridized carbons (Fsp3) is 0.333. The summed E-state index contributed by atoms with van der Waals surface area (Å²) in [5.74, 6) is -1.55. The average Bonchev–Trinajstić information content (AvgIpc) is 2.70. The van der Waals surface area contributed by atoms with Crippen LogP contribution in [-0.4, -0.2) is 45.7 Å². The van der Waals surface area contributed by atoms with E-state index in [1.165, 1.54) is 11.0 Å². The number of likely N-dealkylation sites (tertiary alicyclic amines) is 1. The SMILES string of the molecule is O=C(O)[C@@H]1C[C@@H](O)CN1C(=O)c1ccc(Cl)cc1Br. The molecule has 1 aromatic rings. The van der Waals surface area contributed by atoms with Gasteiger partial charge in [0.05, 0.1) is 11.7 Å². The van der Waals surface area contributed by atoms with Gasteiger partial charge in [0.15, 0.2) is 0 Å². The van der Waals surface area contributed by atoms with E-state index in [1.54, 1.807) is 12.1 Å². The second-order valence-electron chi connectivity index (χ2n) is 4.33. The van der Waals surface area contributed by atoms with E-state index < -0.39 is 24.0 Å². The largest absolute Gasteiger partial charge is 0.480 e. The molecule has 0 radical (unpaired) electrons. The van der Waals surface area contributed by atoms with E-state index in [9.17, 15) is 14.7 Å². The number of carbonyl (C=O) groups excluding carboxylic acids is 1. The van der Waals surface area contributed by atoms with Gasteiger partial charge in [-0.2, -0.15) is 0 Å². The lowest BCUT2D eigenvalue weighted by molar-refractivity contribution is -0.141. The van der Waals surface area contributed by atoms with Crippen molar-refractivity contribution in [2.75, 3.05) is 6.54 Å². The second kappa shape index (κ2) is 5.48. The first-order chi connectivity index (χ1) is 8.90. The van der Waals surface area contributed by atoms with Crippen LogP contribution < -0.4 is 0 Å². The second-order valence-corrected chi connectivity index (χ2v) is 5.62. The molecule has 2 rings (SSSR count). The minimum atomic E-state index is -1.12. The summed E-state index contributed by atoms with van der Waals surface area (Å²) in [6.45, 7) is 0.0187. The molecule has 2 atom stereocenters. The Hall–Kier alpha value is -1.11. The zero-order valence-electron chi connectivity index (χ0n) is 9.72. The summed E-state index contributed by atoms with van der Waals surface area (Å²) in [6, 6.07) is 3.65. The molecule has 5 nitrogen and oxygen atoms in total. The van der Waals surface area contributed by atoms with Crippen molar-refractivity contribution in [3.05, 3.63) is 33.3 Å². The van der Waals surface area contributed by atoms with Gasteiger partial charge in [0.1, 0.15) is 6.04 Å². The highest BCUT2D eigenvalue weighted by Gasteiger charge is 2.39. The molecular formula is C12H11BrClNO4. The monoisotopic (exact) mass is 347 g/mol. The number of β-amino-alcohol motifs (C(OH)–C–C–N with tert-alkyl or cyclic N) is 1. The molecule has 1 aliphatic rings. The Morgan fingerprint density at radius 1 is 1.42 bits per heavy atom. The standard InChI is InChI=1S/C12H11BrClNO4/c13-9-3-6(14)1-2-8(9)11(17)15-5-7(16)4-10(15)12(18)19/h1-3,7,10,16H,4-5H2,(H,18,19)/t7-,10+/m1/s1. The van der Waals surface area contributed by atoms with E-state index in [4.69, 9.17) is 16.7 Å². The number of hydrogen-bond acceptors (Lipinski definition) is 3. The van der Waals surface area contributed by atoms with Gasteiger partial charge in [-0.15, -0.1) is 0 Å². The summed E-state index contributed by atoms with van der Waals surface area (Å²) in [5, 5.41) is 19.1. The summed E-state index contributed by atoms with van der Waals surface area (Å²) in [4.78, 5) is 24.6. The first kappa shape index (κ1) is 14.3. The molecule has 19 heavy (non-hydrogen) atoms. The maximum Gasteiger partial charge on any atom is 0.326 e. The molecule has 2 N–H and O–H groups in total. The molecule has 1 fully saturated rings. The number of halogens is 2. The topological polar surface area (TPSA) is 77.8 Å². The van der Waals surface area contributed by atoms with Gasteiger partial charge in [0.2, 0.25) is 0 Å². The predicted molar refractivity (Wildman–Crippen MR) is 72.2 cm³/mol. The molecule has 102 valence electrons. The molecule has 1 saturated heterocycles. The summed E-state index contributed by atoms with van der Waals surface area (Å²) in [6.07, 6.45) is -0.761. The maximum atomic E-state index is 12.3. The lowest BCUT2D eigenvalue weighted by atomic mass is 10.1. The van der Waals surface area contributed by atoms with E-state index in [0.29, 0.717) is 15.1 Å². The number of hydrogen-bond donors (Lipinski definition) is 2. The van der Waals surface area contributed by atoms with Crippen LogP contribution in [0.15, 0.2) is 22.7 Å². The first-order valence-corrected chi connectivity index (χ1v) is 6.74. The molecule has 0 aromatic heterocycles. The summed E-state index contributed by atoms with van der Waals surface area (Å²) < 4.78 is 0.496. The number of aliphatic hydroxyl groups is 1. The molecule has 0 saturated carbocycles. The molecule has 0 bridgehead atoms. The Balaban J connectivity index is 2.30. The van der Waals surface area contributed by atoms with Crippen LogP contribution in [0.1, 0.15) is 16.8 Å². The minimum absolute atomic E-state index is 0.0187. The van der Waals surface area contributed by atoms with Crippen molar-refractivity contribution in [3.8, 4) is 0 Å². The van der Waals surface area contributed by atoms with Crippen LogP contribution in [-0.2, 0) is 4.79 Å². The van der Waals surface area contributed by atoms with Crippen molar-refractivity contribution < 1.29 is 19.8 Å². The fourth-order valence-electron chi connectivity index (χ4n) is 2.09. The number of amides is 1. The quantitative estimate of drug-likeness (QED) is 0.854. The lowest BCUT2D eigenvalue weighted by Crippen LogP contribution is -2.40. The van der Waals surface area contributed by atoms with Crippen LogP contribution in [0.2, 0.25) is 5.02 Å². The van der Waals surface area contributed by atoms with Gasteiger partial charge in [-0.25, -0.2) is 4.79 Å². The van der Waals surface area contributed by atoms with Gasteiger partial charge < -0.3 is 15.1 Å². The van der Waals surface area contributed by atoms with E-state index in [0.717, 1.165) is 0 Å². The zero-order chi connectivity index (χ0) is 14.2. The highest BCUT2D eigenvalue weighted by atomic mass is 79.9. The van der Waals surface area contributed by atoms with Gasteiger partial charge >= 0.3 is 5.97 Å². The van der Waals surface area contributed by atoms with Gasteiger partial charge in [-0.3, -0.25) is 4.79 Å². The number of carboxylic acids is 1. The van der Waals surface area contributed by atoms with E-state index >= 15 is 0 Å². The summed E-state index contributed by atoms with van der Waals surface area (Å²) >= 11 is 9.02. The number of carbonyl (C=O) groups is 2. The third kappa shape index (κ3) is 2.91. The molecule has 1 aromatic carbocycles. The van der Waals surface area contributed by atoms with Gasteiger partial charge in [-0.05, 0) is 34.1 Å². The lowest BCUT2D eigenvalue weighted by Gasteiger charge is -2.21. The fourth-order valence-corrected chi connectivity index (χ4v) is 2.94. The predicted octanol–water partition coefficient (Wildman–Crippen LogP) is 1.76. The van der Waals surface area contributed by atoms with Crippen molar-refractivity contribution in [2.24, 2.45) is 0 Å². The van der Waals surface area contributed by atoms with E-state index in [2.05, 4.69) is 15.9 Å². The molecule has 1 heterocycles. The molecule has 7 heteroatoms.